The fraction of sp³-hybridized carbons (Fsp3) is 0.588. The third-order valence-electron chi connectivity index (χ3n) is 4.27. The van der Waals surface area contributed by atoms with Gasteiger partial charge >= 0.3 is 0 Å². The third-order valence-corrected chi connectivity index (χ3v) is 4.27. The Labute approximate surface area is 136 Å². The van der Waals surface area contributed by atoms with Crippen LogP contribution in [0.1, 0.15) is 56.2 Å². The molecular formula is C17H26N4O2. The zero-order valence-corrected chi connectivity index (χ0v) is 14.5. The van der Waals surface area contributed by atoms with Gasteiger partial charge in [-0.3, -0.25) is 4.79 Å². The minimum Gasteiger partial charge on any atom is -0.391 e. The average molecular weight is 318 g/mol. The number of rotatable bonds is 6. The summed E-state index contributed by atoms with van der Waals surface area (Å²) in [5.74, 6) is -0.0576. The first-order valence-electron chi connectivity index (χ1n) is 8.16. The first-order valence-corrected chi connectivity index (χ1v) is 8.16. The molecule has 0 bridgehead atoms. The predicted octanol–water partition coefficient (Wildman–Crippen LogP) is 2.46. The van der Waals surface area contributed by atoms with Gasteiger partial charge in [0.05, 0.1) is 23.6 Å². The van der Waals surface area contributed by atoms with Gasteiger partial charge in [-0.05, 0) is 32.8 Å². The lowest BCUT2D eigenvalue weighted by Gasteiger charge is -2.18. The Bertz CT molecular complexity index is 693. The second-order valence-corrected chi connectivity index (χ2v) is 6.38. The van der Waals surface area contributed by atoms with E-state index in [2.05, 4.69) is 15.4 Å². The van der Waals surface area contributed by atoms with Crippen molar-refractivity contribution in [3.63, 3.8) is 0 Å². The largest absolute Gasteiger partial charge is 0.391 e. The highest BCUT2D eigenvalue weighted by molar-refractivity contribution is 5.98. The van der Waals surface area contributed by atoms with Crippen molar-refractivity contribution < 1.29 is 9.90 Å². The van der Waals surface area contributed by atoms with Crippen LogP contribution in [0.4, 0.5) is 0 Å². The van der Waals surface area contributed by atoms with Crippen molar-refractivity contribution in [3.05, 3.63) is 23.5 Å². The van der Waals surface area contributed by atoms with Crippen molar-refractivity contribution in [3.8, 4) is 0 Å². The Morgan fingerprint density at radius 3 is 2.70 bits per heavy atom. The van der Waals surface area contributed by atoms with Gasteiger partial charge in [-0.25, -0.2) is 9.67 Å². The van der Waals surface area contributed by atoms with Crippen LogP contribution in [0.25, 0.3) is 11.0 Å². The molecule has 0 aliphatic carbocycles. The summed E-state index contributed by atoms with van der Waals surface area (Å²) in [4.78, 5) is 16.9. The third kappa shape index (κ3) is 3.69. The molecule has 2 unspecified atom stereocenters. The van der Waals surface area contributed by atoms with Gasteiger partial charge in [-0.1, -0.05) is 20.3 Å². The number of amides is 1. The number of aliphatic hydroxyl groups is 1. The molecule has 2 heterocycles. The maximum Gasteiger partial charge on any atom is 0.253 e. The Balaban J connectivity index is 2.19. The Hall–Kier alpha value is -1.95. The number of aliphatic hydroxyl groups excluding tert-OH is 1. The van der Waals surface area contributed by atoms with Gasteiger partial charge in [0.15, 0.2) is 5.65 Å². The van der Waals surface area contributed by atoms with E-state index in [-0.39, 0.29) is 24.4 Å². The van der Waals surface area contributed by atoms with Gasteiger partial charge in [-0.15, -0.1) is 0 Å². The summed E-state index contributed by atoms with van der Waals surface area (Å²) in [5, 5.41) is 17.9. The highest BCUT2D eigenvalue weighted by Crippen LogP contribution is 2.19. The van der Waals surface area contributed by atoms with E-state index in [0.717, 1.165) is 17.5 Å². The van der Waals surface area contributed by atoms with E-state index in [1.165, 1.54) is 0 Å². The van der Waals surface area contributed by atoms with Gasteiger partial charge in [0.1, 0.15) is 0 Å². The van der Waals surface area contributed by atoms with Crippen LogP contribution in [0.2, 0.25) is 0 Å². The molecule has 6 nitrogen and oxygen atoms in total. The SMILES string of the molecule is CCC(C)C(O)CNC(=O)c1cc2cnn(C(C)C)c2nc1C. The van der Waals surface area contributed by atoms with E-state index in [9.17, 15) is 9.90 Å². The summed E-state index contributed by atoms with van der Waals surface area (Å²) in [6, 6.07) is 2.03. The van der Waals surface area contributed by atoms with E-state index in [4.69, 9.17) is 0 Å². The Kier molecular flexibility index (Phi) is 5.36. The molecule has 1 amide bonds. The van der Waals surface area contributed by atoms with Gasteiger partial charge < -0.3 is 10.4 Å². The molecular weight excluding hydrogens is 292 g/mol. The number of carbonyl (C=O) groups excluding carboxylic acids is 1. The summed E-state index contributed by atoms with van der Waals surface area (Å²) >= 11 is 0. The second kappa shape index (κ2) is 7.08. The molecule has 0 aliphatic heterocycles. The van der Waals surface area contributed by atoms with Crippen molar-refractivity contribution in [1.29, 1.82) is 0 Å². The van der Waals surface area contributed by atoms with Crippen LogP contribution in [0.15, 0.2) is 12.3 Å². The minimum atomic E-state index is -0.537. The fourth-order valence-corrected chi connectivity index (χ4v) is 2.44. The number of aryl methyl sites for hydroxylation is 1. The zero-order valence-electron chi connectivity index (χ0n) is 14.5. The lowest BCUT2D eigenvalue weighted by molar-refractivity contribution is 0.0849. The lowest BCUT2D eigenvalue weighted by atomic mass is 10.0. The predicted molar refractivity (Wildman–Crippen MR) is 90.4 cm³/mol. The first kappa shape index (κ1) is 17.4. The number of aromatic nitrogens is 3. The molecule has 0 spiro atoms. The van der Waals surface area contributed by atoms with E-state index in [1.807, 2.05) is 45.4 Å². The highest BCUT2D eigenvalue weighted by atomic mass is 16.3. The summed E-state index contributed by atoms with van der Waals surface area (Å²) in [6.45, 7) is 10.1. The van der Waals surface area contributed by atoms with Crippen molar-refractivity contribution in [2.24, 2.45) is 5.92 Å². The average Bonchev–Trinajstić information content (AvgIpc) is 2.93. The zero-order chi connectivity index (χ0) is 17.1. The van der Waals surface area contributed by atoms with Crippen molar-refractivity contribution >= 4 is 16.9 Å². The monoisotopic (exact) mass is 318 g/mol. The summed E-state index contributed by atoms with van der Waals surface area (Å²) < 4.78 is 1.84. The molecule has 0 fully saturated rings. The van der Waals surface area contributed by atoms with Crippen LogP contribution in [0.5, 0.6) is 0 Å². The van der Waals surface area contributed by atoms with Crippen molar-refractivity contribution in [1.82, 2.24) is 20.1 Å². The number of hydrogen-bond acceptors (Lipinski definition) is 4. The molecule has 2 atom stereocenters. The number of hydrogen-bond donors (Lipinski definition) is 2. The van der Waals surface area contributed by atoms with Crippen LogP contribution in [0.3, 0.4) is 0 Å². The van der Waals surface area contributed by atoms with E-state index >= 15 is 0 Å². The standard InChI is InChI=1S/C17H26N4O2/c1-6-11(4)15(22)9-18-17(23)14-7-13-8-19-21(10(2)3)16(13)20-12(14)5/h7-8,10-11,15,22H,6,9H2,1-5H3,(H,18,23). The second-order valence-electron chi connectivity index (χ2n) is 6.38. The minimum absolute atomic E-state index is 0.154. The molecule has 0 radical (unpaired) electrons. The molecule has 126 valence electrons. The normalized spacial score (nSPS) is 14.2. The van der Waals surface area contributed by atoms with Gasteiger partial charge in [-0.2, -0.15) is 5.10 Å². The van der Waals surface area contributed by atoms with Crippen molar-refractivity contribution in [2.75, 3.05) is 6.54 Å². The molecule has 23 heavy (non-hydrogen) atoms. The molecule has 2 aromatic rings. The number of fused-ring (bicyclic) bond motifs is 1. The van der Waals surface area contributed by atoms with E-state index < -0.39 is 6.10 Å². The summed E-state index contributed by atoms with van der Waals surface area (Å²) in [6.07, 6.45) is 2.06. The molecule has 2 aromatic heterocycles. The first-order chi connectivity index (χ1) is 10.8. The maximum atomic E-state index is 12.4. The Morgan fingerprint density at radius 2 is 2.09 bits per heavy atom. The number of nitrogens with one attached hydrogen (secondary N) is 1. The molecule has 2 rings (SSSR count). The van der Waals surface area contributed by atoms with Crippen molar-refractivity contribution in [2.45, 2.75) is 53.2 Å². The molecule has 0 saturated carbocycles. The molecule has 6 heteroatoms. The highest BCUT2D eigenvalue weighted by Gasteiger charge is 2.17. The fourth-order valence-electron chi connectivity index (χ4n) is 2.44. The smallest absolute Gasteiger partial charge is 0.253 e. The van der Waals surface area contributed by atoms with Crippen LogP contribution in [0, 0.1) is 12.8 Å². The van der Waals surface area contributed by atoms with Crippen LogP contribution < -0.4 is 5.32 Å². The number of pyridine rings is 1. The molecule has 0 aromatic carbocycles. The van der Waals surface area contributed by atoms with Crippen LogP contribution in [-0.4, -0.2) is 38.4 Å². The van der Waals surface area contributed by atoms with E-state index in [1.54, 1.807) is 6.20 Å². The topological polar surface area (TPSA) is 80.0 Å². The number of nitrogens with zero attached hydrogens (tertiary/aromatic N) is 3. The van der Waals surface area contributed by atoms with Gasteiger partial charge in [0, 0.05) is 18.0 Å². The van der Waals surface area contributed by atoms with Gasteiger partial charge in [0.25, 0.3) is 5.91 Å². The molecule has 0 saturated heterocycles. The number of carbonyl (C=O) groups is 1. The lowest BCUT2D eigenvalue weighted by Crippen LogP contribution is -2.35. The quantitative estimate of drug-likeness (QED) is 0.857. The van der Waals surface area contributed by atoms with Crippen LogP contribution in [-0.2, 0) is 0 Å². The van der Waals surface area contributed by atoms with Gasteiger partial charge in [0.2, 0.25) is 0 Å². The summed E-state index contributed by atoms with van der Waals surface area (Å²) in [7, 11) is 0. The van der Waals surface area contributed by atoms with E-state index in [0.29, 0.717) is 11.3 Å². The molecule has 0 aliphatic rings. The summed E-state index contributed by atoms with van der Waals surface area (Å²) in [5.41, 5.74) is 1.97. The molecule has 2 N–H and O–H groups in total. The Morgan fingerprint density at radius 1 is 1.39 bits per heavy atom. The van der Waals surface area contributed by atoms with Crippen LogP contribution >= 0.6 is 0 Å². The maximum absolute atomic E-state index is 12.4.